The largest absolute Gasteiger partial charge is 0.478 e. The number of methoxy groups -OCH3 is 1. The lowest BCUT2D eigenvalue weighted by Crippen LogP contribution is -2.06. The van der Waals surface area contributed by atoms with Crippen molar-refractivity contribution in [3.8, 4) is 0 Å². The second-order valence-electron chi connectivity index (χ2n) is 2.51. The van der Waals surface area contributed by atoms with Gasteiger partial charge in [-0.1, -0.05) is 12.1 Å². The molecule has 0 amide bonds. The summed E-state index contributed by atoms with van der Waals surface area (Å²) in [6, 6.07) is 4.09. The standard InChI is InChI=1S/C9H9FO3/c1-13-5-6-3-2-4-7(10)8(6)9(11)12/h2-4H,5H2,1H3,(H,11,12). The van der Waals surface area contributed by atoms with E-state index in [1.165, 1.54) is 19.2 Å². The number of carboxylic acids is 1. The van der Waals surface area contributed by atoms with Crippen LogP contribution in [0.25, 0.3) is 0 Å². The van der Waals surface area contributed by atoms with Crippen molar-refractivity contribution in [3.63, 3.8) is 0 Å². The van der Waals surface area contributed by atoms with Gasteiger partial charge in [-0.2, -0.15) is 0 Å². The van der Waals surface area contributed by atoms with Crippen LogP contribution in [0.15, 0.2) is 18.2 Å². The maximum Gasteiger partial charge on any atom is 0.339 e. The average molecular weight is 184 g/mol. The summed E-state index contributed by atoms with van der Waals surface area (Å²) >= 11 is 0. The second-order valence-corrected chi connectivity index (χ2v) is 2.51. The molecule has 0 unspecified atom stereocenters. The topological polar surface area (TPSA) is 46.5 Å². The molecule has 0 radical (unpaired) electrons. The summed E-state index contributed by atoms with van der Waals surface area (Å²) in [6.45, 7) is 0.0966. The van der Waals surface area contributed by atoms with Gasteiger partial charge in [0.2, 0.25) is 0 Å². The van der Waals surface area contributed by atoms with Gasteiger partial charge < -0.3 is 9.84 Å². The fourth-order valence-corrected chi connectivity index (χ4v) is 1.08. The number of benzene rings is 1. The Morgan fingerprint density at radius 3 is 2.85 bits per heavy atom. The van der Waals surface area contributed by atoms with Crippen LogP contribution in [-0.2, 0) is 11.3 Å². The van der Waals surface area contributed by atoms with E-state index in [-0.39, 0.29) is 12.2 Å². The summed E-state index contributed by atoms with van der Waals surface area (Å²) in [4.78, 5) is 10.6. The first-order chi connectivity index (χ1) is 6.16. The first-order valence-electron chi connectivity index (χ1n) is 3.66. The van der Waals surface area contributed by atoms with Gasteiger partial charge in [0, 0.05) is 7.11 Å². The average Bonchev–Trinajstić information content (AvgIpc) is 2.04. The van der Waals surface area contributed by atoms with Crippen LogP contribution in [-0.4, -0.2) is 18.2 Å². The summed E-state index contributed by atoms with van der Waals surface area (Å²) in [6.07, 6.45) is 0. The van der Waals surface area contributed by atoms with Crippen molar-refractivity contribution in [1.82, 2.24) is 0 Å². The highest BCUT2D eigenvalue weighted by atomic mass is 19.1. The Labute approximate surface area is 74.8 Å². The number of carboxylic acid groups (broad SMARTS) is 1. The summed E-state index contributed by atoms with van der Waals surface area (Å²) in [7, 11) is 1.43. The Morgan fingerprint density at radius 1 is 1.62 bits per heavy atom. The SMILES string of the molecule is COCc1cccc(F)c1C(=O)O. The quantitative estimate of drug-likeness (QED) is 0.777. The van der Waals surface area contributed by atoms with Crippen molar-refractivity contribution in [2.45, 2.75) is 6.61 Å². The lowest BCUT2D eigenvalue weighted by molar-refractivity contribution is 0.0686. The van der Waals surface area contributed by atoms with Crippen LogP contribution in [0, 0.1) is 5.82 Å². The number of carbonyl (C=O) groups is 1. The third-order valence-electron chi connectivity index (χ3n) is 1.61. The smallest absolute Gasteiger partial charge is 0.339 e. The highest BCUT2D eigenvalue weighted by Crippen LogP contribution is 2.14. The normalized spacial score (nSPS) is 10.0. The Balaban J connectivity index is 3.17. The minimum absolute atomic E-state index is 0.0966. The van der Waals surface area contributed by atoms with E-state index < -0.39 is 11.8 Å². The third-order valence-corrected chi connectivity index (χ3v) is 1.61. The van der Waals surface area contributed by atoms with E-state index >= 15 is 0 Å². The first-order valence-corrected chi connectivity index (χ1v) is 3.66. The van der Waals surface area contributed by atoms with Gasteiger partial charge in [-0.05, 0) is 11.6 Å². The summed E-state index contributed by atoms with van der Waals surface area (Å²) in [5.41, 5.74) is 0.0272. The first kappa shape index (κ1) is 9.67. The maximum atomic E-state index is 13.0. The predicted molar refractivity (Wildman–Crippen MR) is 44.1 cm³/mol. The van der Waals surface area contributed by atoms with E-state index in [1.54, 1.807) is 0 Å². The molecule has 0 aromatic heterocycles. The van der Waals surface area contributed by atoms with E-state index in [2.05, 4.69) is 0 Å². The van der Waals surface area contributed by atoms with Crippen LogP contribution in [0.1, 0.15) is 15.9 Å². The Kier molecular flexibility index (Phi) is 2.97. The van der Waals surface area contributed by atoms with E-state index in [4.69, 9.17) is 9.84 Å². The molecule has 0 aliphatic carbocycles. The zero-order valence-corrected chi connectivity index (χ0v) is 7.08. The molecule has 70 valence electrons. The molecule has 0 heterocycles. The fraction of sp³-hybridized carbons (Fsp3) is 0.222. The highest BCUT2D eigenvalue weighted by Gasteiger charge is 2.14. The number of hydrogen-bond donors (Lipinski definition) is 1. The molecule has 1 N–H and O–H groups in total. The molecule has 1 aromatic rings. The van der Waals surface area contributed by atoms with Gasteiger partial charge in [-0.15, -0.1) is 0 Å². The fourth-order valence-electron chi connectivity index (χ4n) is 1.08. The lowest BCUT2D eigenvalue weighted by atomic mass is 10.1. The van der Waals surface area contributed by atoms with Crippen molar-refractivity contribution in [2.24, 2.45) is 0 Å². The molecule has 0 atom stereocenters. The molecule has 0 saturated heterocycles. The van der Waals surface area contributed by atoms with Gasteiger partial charge in [0.15, 0.2) is 0 Å². The van der Waals surface area contributed by atoms with E-state index in [0.717, 1.165) is 6.07 Å². The van der Waals surface area contributed by atoms with Crippen molar-refractivity contribution < 1.29 is 19.0 Å². The molecule has 0 aliphatic heterocycles. The number of rotatable bonds is 3. The molecular formula is C9H9FO3. The van der Waals surface area contributed by atoms with Gasteiger partial charge in [-0.25, -0.2) is 9.18 Å². The zero-order chi connectivity index (χ0) is 9.84. The second kappa shape index (κ2) is 4.00. The van der Waals surface area contributed by atoms with Crippen LogP contribution in [0.2, 0.25) is 0 Å². The lowest BCUT2D eigenvalue weighted by Gasteiger charge is -2.04. The Morgan fingerprint density at radius 2 is 2.31 bits per heavy atom. The number of aromatic carboxylic acids is 1. The summed E-state index contributed by atoms with van der Waals surface area (Å²) in [5, 5.41) is 8.68. The molecule has 0 fully saturated rings. The van der Waals surface area contributed by atoms with Crippen molar-refractivity contribution in [3.05, 3.63) is 35.1 Å². The highest BCUT2D eigenvalue weighted by molar-refractivity contribution is 5.89. The molecule has 1 rings (SSSR count). The minimum atomic E-state index is -1.27. The molecule has 0 aliphatic rings. The van der Waals surface area contributed by atoms with E-state index in [1.807, 2.05) is 0 Å². The predicted octanol–water partition coefficient (Wildman–Crippen LogP) is 1.67. The number of ether oxygens (including phenoxy) is 1. The van der Waals surface area contributed by atoms with Gasteiger partial charge in [0.1, 0.15) is 11.4 Å². The third kappa shape index (κ3) is 2.03. The minimum Gasteiger partial charge on any atom is -0.478 e. The van der Waals surface area contributed by atoms with Crippen molar-refractivity contribution >= 4 is 5.97 Å². The molecule has 3 nitrogen and oxygen atoms in total. The Bertz CT molecular complexity index is 323. The van der Waals surface area contributed by atoms with Gasteiger partial charge in [0.05, 0.1) is 6.61 Å². The van der Waals surface area contributed by atoms with Gasteiger partial charge in [-0.3, -0.25) is 0 Å². The molecular weight excluding hydrogens is 175 g/mol. The molecule has 1 aromatic carbocycles. The maximum absolute atomic E-state index is 13.0. The van der Waals surface area contributed by atoms with E-state index in [9.17, 15) is 9.18 Å². The summed E-state index contributed by atoms with van der Waals surface area (Å²) < 4.78 is 17.7. The molecule has 0 bridgehead atoms. The Hall–Kier alpha value is -1.42. The summed E-state index contributed by atoms with van der Waals surface area (Å²) in [5.74, 6) is -2.01. The van der Waals surface area contributed by atoms with E-state index in [0.29, 0.717) is 5.56 Å². The van der Waals surface area contributed by atoms with Crippen molar-refractivity contribution in [2.75, 3.05) is 7.11 Å². The van der Waals surface area contributed by atoms with Crippen LogP contribution < -0.4 is 0 Å². The van der Waals surface area contributed by atoms with Crippen molar-refractivity contribution in [1.29, 1.82) is 0 Å². The molecule has 4 heteroatoms. The van der Waals surface area contributed by atoms with Gasteiger partial charge >= 0.3 is 5.97 Å². The molecule has 0 saturated carbocycles. The zero-order valence-electron chi connectivity index (χ0n) is 7.08. The number of halogens is 1. The molecule has 0 spiro atoms. The van der Waals surface area contributed by atoms with Crippen LogP contribution in [0.4, 0.5) is 4.39 Å². The molecule has 13 heavy (non-hydrogen) atoms. The number of hydrogen-bond acceptors (Lipinski definition) is 2. The van der Waals surface area contributed by atoms with Gasteiger partial charge in [0.25, 0.3) is 0 Å². The monoisotopic (exact) mass is 184 g/mol. The van der Waals surface area contributed by atoms with Crippen LogP contribution in [0.5, 0.6) is 0 Å². The van der Waals surface area contributed by atoms with Crippen LogP contribution >= 0.6 is 0 Å². The van der Waals surface area contributed by atoms with Crippen LogP contribution in [0.3, 0.4) is 0 Å².